The number of hydrogen-bond donors (Lipinski definition) is 0. The van der Waals surface area contributed by atoms with Crippen LogP contribution in [-0.4, -0.2) is 5.75 Å². The highest BCUT2D eigenvalue weighted by Gasteiger charge is 2.36. The monoisotopic (exact) mass is 355 g/mol. The maximum absolute atomic E-state index is 8.72. The average molecular weight is 356 g/mol. The third-order valence-corrected chi connectivity index (χ3v) is 5.92. The molecule has 0 bridgehead atoms. The summed E-state index contributed by atoms with van der Waals surface area (Å²) in [5.41, 5.74) is 3.81. The van der Waals surface area contributed by atoms with Gasteiger partial charge in [0.15, 0.2) is 0 Å². The van der Waals surface area contributed by atoms with Gasteiger partial charge in [-0.05, 0) is 28.9 Å². The molecule has 0 fully saturated rings. The van der Waals surface area contributed by atoms with Gasteiger partial charge in [0.05, 0.1) is 10.8 Å². The standard InChI is InChI=1S/C24H21NS/c25-19-11-4-12-20-26-24(21-13-5-1-6-14-21,22-15-7-2-8-16-22)23-17-9-3-10-18-23/h1-11,13-18H,12,20H2/b11-4+. The van der Waals surface area contributed by atoms with Crippen LogP contribution in [0.5, 0.6) is 0 Å². The molecule has 3 rings (SSSR count). The molecule has 128 valence electrons. The minimum absolute atomic E-state index is 0.274. The lowest BCUT2D eigenvalue weighted by atomic mass is 9.84. The summed E-state index contributed by atoms with van der Waals surface area (Å²) in [5.74, 6) is 0.927. The van der Waals surface area contributed by atoms with E-state index in [-0.39, 0.29) is 4.75 Å². The Morgan fingerprint density at radius 2 is 1.15 bits per heavy atom. The Morgan fingerprint density at radius 1 is 0.731 bits per heavy atom. The summed E-state index contributed by atoms with van der Waals surface area (Å²) >= 11 is 1.92. The van der Waals surface area contributed by atoms with Crippen LogP contribution < -0.4 is 0 Å². The van der Waals surface area contributed by atoms with Crippen LogP contribution >= 0.6 is 11.8 Å². The van der Waals surface area contributed by atoms with E-state index >= 15 is 0 Å². The van der Waals surface area contributed by atoms with E-state index in [1.165, 1.54) is 16.7 Å². The number of benzene rings is 3. The summed E-state index contributed by atoms with van der Waals surface area (Å²) in [5, 5.41) is 8.72. The number of thioether (sulfide) groups is 1. The quantitative estimate of drug-likeness (QED) is 0.287. The molecule has 0 heterocycles. The van der Waals surface area contributed by atoms with Crippen molar-refractivity contribution < 1.29 is 0 Å². The van der Waals surface area contributed by atoms with Crippen molar-refractivity contribution in [2.24, 2.45) is 0 Å². The van der Waals surface area contributed by atoms with Crippen molar-refractivity contribution in [3.63, 3.8) is 0 Å². The third-order valence-electron chi connectivity index (χ3n) is 4.34. The maximum atomic E-state index is 8.72. The number of nitriles is 1. The van der Waals surface area contributed by atoms with Crippen LogP contribution in [0.4, 0.5) is 0 Å². The molecule has 0 aromatic heterocycles. The van der Waals surface area contributed by atoms with Gasteiger partial charge in [-0.3, -0.25) is 0 Å². The average Bonchev–Trinajstić information content (AvgIpc) is 2.73. The summed E-state index contributed by atoms with van der Waals surface area (Å²) in [6, 6.07) is 34.1. The van der Waals surface area contributed by atoms with Gasteiger partial charge in [-0.25, -0.2) is 0 Å². The molecule has 0 N–H and O–H groups in total. The second-order valence-electron chi connectivity index (χ2n) is 5.95. The number of nitrogens with zero attached hydrogens (tertiary/aromatic N) is 1. The van der Waals surface area contributed by atoms with Crippen molar-refractivity contribution in [3.05, 3.63) is 120 Å². The predicted octanol–water partition coefficient (Wildman–Crippen LogP) is 6.18. The highest BCUT2D eigenvalue weighted by atomic mass is 32.2. The fraction of sp³-hybridized carbons (Fsp3) is 0.125. The Hall–Kier alpha value is -2.76. The first kappa shape index (κ1) is 18.0. The van der Waals surface area contributed by atoms with Crippen LogP contribution in [0.3, 0.4) is 0 Å². The van der Waals surface area contributed by atoms with Crippen molar-refractivity contribution in [1.82, 2.24) is 0 Å². The predicted molar refractivity (Wildman–Crippen MR) is 111 cm³/mol. The van der Waals surface area contributed by atoms with Crippen molar-refractivity contribution in [2.75, 3.05) is 5.75 Å². The SMILES string of the molecule is N#C/C=C/CCSC(c1ccccc1)(c1ccccc1)c1ccccc1. The Kier molecular flexibility index (Phi) is 6.30. The minimum Gasteiger partial charge on any atom is -0.193 e. The van der Waals surface area contributed by atoms with E-state index in [9.17, 15) is 0 Å². The van der Waals surface area contributed by atoms with Crippen LogP contribution in [0.2, 0.25) is 0 Å². The van der Waals surface area contributed by atoms with Gasteiger partial charge in [0.25, 0.3) is 0 Å². The number of allylic oxidation sites excluding steroid dienone is 2. The summed E-state index contributed by atoms with van der Waals surface area (Å²) in [4.78, 5) is 0. The highest BCUT2D eigenvalue weighted by Crippen LogP contribution is 2.48. The second kappa shape index (κ2) is 9.08. The summed E-state index contributed by atoms with van der Waals surface area (Å²) < 4.78 is -0.274. The Morgan fingerprint density at radius 3 is 1.54 bits per heavy atom. The smallest absolute Gasteiger partial charge is 0.0908 e. The molecule has 26 heavy (non-hydrogen) atoms. The molecule has 0 aliphatic heterocycles. The van der Waals surface area contributed by atoms with Gasteiger partial charge in [-0.2, -0.15) is 5.26 Å². The Bertz CT molecular complexity index is 768. The first-order chi connectivity index (χ1) is 12.9. The summed E-state index contributed by atoms with van der Waals surface area (Å²) in [6.45, 7) is 0. The number of rotatable bonds is 7. The minimum atomic E-state index is -0.274. The molecule has 0 saturated carbocycles. The molecule has 0 saturated heterocycles. The van der Waals surface area contributed by atoms with Crippen molar-refractivity contribution in [3.8, 4) is 6.07 Å². The molecular formula is C24H21NS. The number of hydrogen-bond acceptors (Lipinski definition) is 2. The van der Waals surface area contributed by atoms with E-state index in [2.05, 4.69) is 97.1 Å². The summed E-state index contributed by atoms with van der Waals surface area (Å²) in [6.07, 6.45) is 4.38. The molecule has 0 aliphatic carbocycles. The molecule has 0 spiro atoms. The van der Waals surface area contributed by atoms with E-state index < -0.39 is 0 Å². The van der Waals surface area contributed by atoms with Crippen molar-refractivity contribution in [2.45, 2.75) is 11.2 Å². The van der Waals surface area contributed by atoms with Gasteiger partial charge < -0.3 is 0 Å². The zero-order chi connectivity index (χ0) is 18.1. The van der Waals surface area contributed by atoms with Crippen LogP contribution in [0, 0.1) is 11.3 Å². The molecule has 0 aliphatic rings. The zero-order valence-electron chi connectivity index (χ0n) is 14.6. The maximum Gasteiger partial charge on any atom is 0.0908 e. The molecule has 0 radical (unpaired) electrons. The van der Waals surface area contributed by atoms with Gasteiger partial charge in [-0.15, -0.1) is 11.8 Å². The molecule has 0 atom stereocenters. The first-order valence-corrected chi connectivity index (χ1v) is 9.71. The van der Waals surface area contributed by atoms with Crippen LogP contribution in [0.25, 0.3) is 0 Å². The van der Waals surface area contributed by atoms with Crippen LogP contribution in [-0.2, 0) is 4.75 Å². The van der Waals surface area contributed by atoms with E-state index in [0.717, 1.165) is 12.2 Å². The van der Waals surface area contributed by atoms with E-state index in [1.807, 2.05) is 17.8 Å². The topological polar surface area (TPSA) is 23.8 Å². The molecule has 3 aromatic carbocycles. The van der Waals surface area contributed by atoms with E-state index in [4.69, 9.17) is 5.26 Å². The molecule has 1 nitrogen and oxygen atoms in total. The zero-order valence-corrected chi connectivity index (χ0v) is 15.4. The Balaban J connectivity index is 2.12. The third kappa shape index (κ3) is 3.90. The fourth-order valence-corrected chi connectivity index (χ4v) is 4.65. The van der Waals surface area contributed by atoms with Gasteiger partial charge in [-0.1, -0.05) is 97.1 Å². The molecule has 2 heteroatoms. The lowest BCUT2D eigenvalue weighted by Crippen LogP contribution is -2.26. The van der Waals surface area contributed by atoms with Crippen LogP contribution in [0.15, 0.2) is 103 Å². The van der Waals surface area contributed by atoms with Crippen molar-refractivity contribution >= 4 is 11.8 Å². The van der Waals surface area contributed by atoms with Gasteiger partial charge >= 0.3 is 0 Å². The lowest BCUT2D eigenvalue weighted by Gasteiger charge is -2.35. The second-order valence-corrected chi connectivity index (χ2v) is 7.26. The lowest BCUT2D eigenvalue weighted by molar-refractivity contribution is 0.892. The normalized spacial score (nSPS) is 11.3. The molecular weight excluding hydrogens is 334 g/mol. The molecule has 3 aromatic rings. The molecule has 0 amide bonds. The summed E-state index contributed by atoms with van der Waals surface area (Å²) in [7, 11) is 0. The van der Waals surface area contributed by atoms with Crippen molar-refractivity contribution in [1.29, 1.82) is 5.26 Å². The van der Waals surface area contributed by atoms with E-state index in [0.29, 0.717) is 0 Å². The van der Waals surface area contributed by atoms with E-state index in [1.54, 1.807) is 6.08 Å². The van der Waals surface area contributed by atoms with Crippen LogP contribution in [0.1, 0.15) is 23.1 Å². The van der Waals surface area contributed by atoms with Gasteiger partial charge in [0.2, 0.25) is 0 Å². The highest BCUT2D eigenvalue weighted by molar-refractivity contribution is 8.00. The van der Waals surface area contributed by atoms with Gasteiger partial charge in [0, 0.05) is 6.08 Å². The van der Waals surface area contributed by atoms with Gasteiger partial charge in [0.1, 0.15) is 0 Å². The largest absolute Gasteiger partial charge is 0.193 e. The first-order valence-electron chi connectivity index (χ1n) is 8.73. The molecule has 0 unspecified atom stereocenters. The fourth-order valence-electron chi connectivity index (χ4n) is 3.18. The Labute approximate surface area is 160 Å².